The number of aryl methyl sites for hydroxylation is 1. The number of ketones is 1. The van der Waals surface area contributed by atoms with Crippen molar-refractivity contribution in [3.63, 3.8) is 0 Å². The van der Waals surface area contributed by atoms with E-state index in [0.717, 1.165) is 11.3 Å². The molecule has 1 aromatic heterocycles. The summed E-state index contributed by atoms with van der Waals surface area (Å²) in [6.07, 6.45) is 0.799. The van der Waals surface area contributed by atoms with Crippen molar-refractivity contribution in [2.45, 2.75) is 19.8 Å². The second-order valence-corrected chi connectivity index (χ2v) is 5.67. The van der Waals surface area contributed by atoms with Crippen LogP contribution in [-0.4, -0.2) is 18.9 Å². The van der Waals surface area contributed by atoms with Gasteiger partial charge in [-0.1, -0.05) is 19.1 Å². The van der Waals surface area contributed by atoms with Gasteiger partial charge in [0.1, 0.15) is 5.82 Å². The zero-order valence-corrected chi connectivity index (χ0v) is 12.6. The van der Waals surface area contributed by atoms with Crippen molar-refractivity contribution in [2.75, 3.05) is 7.11 Å². The summed E-state index contributed by atoms with van der Waals surface area (Å²) in [5.74, 6) is -1.10. The lowest BCUT2D eigenvalue weighted by Gasteiger charge is -2.02. The first-order chi connectivity index (χ1) is 10.0. The number of thiophene rings is 1. The van der Waals surface area contributed by atoms with Gasteiger partial charge in [0.2, 0.25) is 0 Å². The van der Waals surface area contributed by atoms with Gasteiger partial charge in [-0.25, -0.2) is 9.18 Å². The largest absolute Gasteiger partial charge is 0.465 e. The smallest absolute Gasteiger partial charge is 0.339 e. The number of Topliss-reactive ketones (excluding diaryl/α,β-unsaturated/α-hetero) is 1. The molecular weight excluding hydrogens is 291 g/mol. The molecule has 0 spiro atoms. The van der Waals surface area contributed by atoms with Crippen molar-refractivity contribution in [3.8, 4) is 0 Å². The van der Waals surface area contributed by atoms with Crippen LogP contribution in [0.25, 0.3) is 0 Å². The first kappa shape index (κ1) is 15.4. The Bertz CT molecular complexity index is 676. The molecule has 2 aromatic rings. The summed E-state index contributed by atoms with van der Waals surface area (Å²) in [6, 6.07) is 7.59. The third-order valence-electron chi connectivity index (χ3n) is 3.04. The van der Waals surface area contributed by atoms with Gasteiger partial charge in [0.25, 0.3) is 0 Å². The number of benzene rings is 1. The topological polar surface area (TPSA) is 43.4 Å². The van der Waals surface area contributed by atoms with E-state index in [-0.39, 0.29) is 18.0 Å². The summed E-state index contributed by atoms with van der Waals surface area (Å²) in [7, 11) is 1.28. The highest BCUT2D eigenvalue weighted by Gasteiger charge is 2.21. The van der Waals surface area contributed by atoms with Gasteiger partial charge in [0, 0.05) is 11.3 Å². The Balaban J connectivity index is 2.30. The highest BCUT2D eigenvalue weighted by molar-refractivity contribution is 7.14. The number of esters is 1. The predicted molar refractivity (Wildman–Crippen MR) is 79.5 cm³/mol. The summed E-state index contributed by atoms with van der Waals surface area (Å²) in [4.78, 5) is 25.4. The minimum Gasteiger partial charge on any atom is -0.465 e. The van der Waals surface area contributed by atoms with Crippen molar-refractivity contribution >= 4 is 23.1 Å². The number of methoxy groups -OCH3 is 1. The molecule has 0 radical (unpaired) electrons. The number of carbonyl (C=O) groups is 2. The SMILES string of the molecule is CCc1cc(C(=O)OC)c(C(=O)Cc2cccc(F)c2)s1. The molecule has 1 heterocycles. The van der Waals surface area contributed by atoms with E-state index in [0.29, 0.717) is 16.0 Å². The van der Waals surface area contributed by atoms with Gasteiger partial charge in [-0.15, -0.1) is 11.3 Å². The van der Waals surface area contributed by atoms with Crippen LogP contribution in [0, 0.1) is 5.82 Å². The van der Waals surface area contributed by atoms with E-state index in [4.69, 9.17) is 4.74 Å². The van der Waals surface area contributed by atoms with Crippen LogP contribution >= 0.6 is 11.3 Å². The second kappa shape index (κ2) is 6.63. The molecule has 21 heavy (non-hydrogen) atoms. The molecule has 0 fully saturated rings. The fraction of sp³-hybridized carbons (Fsp3) is 0.250. The number of ether oxygens (including phenoxy) is 1. The Labute approximate surface area is 126 Å². The fourth-order valence-corrected chi connectivity index (χ4v) is 3.02. The van der Waals surface area contributed by atoms with Crippen LogP contribution in [0.5, 0.6) is 0 Å². The van der Waals surface area contributed by atoms with Crippen molar-refractivity contribution < 1.29 is 18.7 Å². The Morgan fingerprint density at radius 1 is 1.29 bits per heavy atom. The summed E-state index contributed by atoms with van der Waals surface area (Å²) in [5, 5.41) is 0. The summed E-state index contributed by atoms with van der Waals surface area (Å²) in [6.45, 7) is 1.95. The Morgan fingerprint density at radius 2 is 2.05 bits per heavy atom. The normalized spacial score (nSPS) is 10.4. The molecule has 1 aromatic carbocycles. The van der Waals surface area contributed by atoms with Crippen LogP contribution in [0.1, 0.15) is 37.4 Å². The van der Waals surface area contributed by atoms with Gasteiger partial charge < -0.3 is 4.74 Å². The lowest BCUT2D eigenvalue weighted by atomic mass is 10.1. The molecule has 0 amide bonds. The number of rotatable bonds is 5. The quantitative estimate of drug-likeness (QED) is 0.625. The predicted octanol–water partition coefficient (Wildman–Crippen LogP) is 3.66. The van der Waals surface area contributed by atoms with E-state index < -0.39 is 5.97 Å². The lowest BCUT2D eigenvalue weighted by molar-refractivity contribution is 0.0598. The van der Waals surface area contributed by atoms with Crippen molar-refractivity contribution in [1.29, 1.82) is 0 Å². The zero-order chi connectivity index (χ0) is 15.4. The molecule has 0 aliphatic heterocycles. The van der Waals surface area contributed by atoms with Crippen molar-refractivity contribution in [1.82, 2.24) is 0 Å². The molecule has 0 aliphatic carbocycles. The first-order valence-corrected chi connectivity index (χ1v) is 7.35. The van der Waals surface area contributed by atoms with Gasteiger partial charge in [0.05, 0.1) is 17.6 Å². The second-order valence-electron chi connectivity index (χ2n) is 4.53. The lowest BCUT2D eigenvalue weighted by Crippen LogP contribution is -2.09. The van der Waals surface area contributed by atoms with Crippen LogP contribution in [0.2, 0.25) is 0 Å². The van der Waals surface area contributed by atoms with Gasteiger partial charge >= 0.3 is 5.97 Å². The maximum Gasteiger partial charge on any atom is 0.339 e. The first-order valence-electron chi connectivity index (χ1n) is 6.53. The molecule has 0 bridgehead atoms. The molecule has 5 heteroatoms. The standard InChI is InChI=1S/C16H15FO3S/c1-3-12-9-13(16(19)20-2)15(21-12)14(18)8-10-5-4-6-11(17)7-10/h4-7,9H,3,8H2,1-2H3. The van der Waals surface area contributed by atoms with Crippen LogP contribution in [0.15, 0.2) is 30.3 Å². The molecule has 0 aliphatic rings. The number of hydrogen-bond acceptors (Lipinski definition) is 4. The van der Waals surface area contributed by atoms with Gasteiger partial charge in [0.15, 0.2) is 5.78 Å². The maximum absolute atomic E-state index is 13.2. The molecule has 0 unspecified atom stereocenters. The molecule has 0 atom stereocenters. The Hall–Kier alpha value is -2.01. The van der Waals surface area contributed by atoms with E-state index in [1.807, 2.05) is 6.92 Å². The van der Waals surface area contributed by atoms with Crippen LogP contribution < -0.4 is 0 Å². The van der Waals surface area contributed by atoms with E-state index in [9.17, 15) is 14.0 Å². The third-order valence-corrected chi connectivity index (χ3v) is 4.36. The molecule has 2 rings (SSSR count). The fourth-order valence-electron chi connectivity index (χ4n) is 2.00. The molecular formula is C16H15FO3S. The van der Waals surface area contributed by atoms with Crippen molar-refractivity contribution in [2.24, 2.45) is 0 Å². The average Bonchev–Trinajstić information content (AvgIpc) is 2.91. The van der Waals surface area contributed by atoms with Gasteiger partial charge in [-0.05, 0) is 30.2 Å². The highest BCUT2D eigenvalue weighted by atomic mass is 32.1. The number of carbonyl (C=O) groups excluding carboxylic acids is 2. The minimum atomic E-state index is -0.520. The van der Waals surface area contributed by atoms with Gasteiger partial charge in [-0.2, -0.15) is 0 Å². The molecule has 0 saturated heterocycles. The average molecular weight is 306 g/mol. The maximum atomic E-state index is 13.2. The minimum absolute atomic E-state index is 0.0609. The highest BCUT2D eigenvalue weighted by Crippen LogP contribution is 2.25. The summed E-state index contributed by atoms with van der Waals surface area (Å²) in [5.41, 5.74) is 0.878. The summed E-state index contributed by atoms with van der Waals surface area (Å²) >= 11 is 1.29. The van der Waals surface area contributed by atoms with Crippen LogP contribution in [0.4, 0.5) is 4.39 Å². The van der Waals surface area contributed by atoms with Crippen LogP contribution in [0.3, 0.4) is 0 Å². The van der Waals surface area contributed by atoms with E-state index in [1.54, 1.807) is 18.2 Å². The van der Waals surface area contributed by atoms with Crippen LogP contribution in [-0.2, 0) is 17.6 Å². The summed E-state index contributed by atoms with van der Waals surface area (Å²) < 4.78 is 17.9. The van der Waals surface area contributed by atoms with Crippen molar-refractivity contribution in [3.05, 3.63) is 57.0 Å². The zero-order valence-electron chi connectivity index (χ0n) is 11.8. The number of hydrogen-bond donors (Lipinski definition) is 0. The molecule has 3 nitrogen and oxygen atoms in total. The molecule has 0 N–H and O–H groups in total. The van der Waals surface area contributed by atoms with E-state index in [1.165, 1.54) is 30.6 Å². The van der Waals surface area contributed by atoms with E-state index in [2.05, 4.69) is 0 Å². The van der Waals surface area contributed by atoms with Gasteiger partial charge in [-0.3, -0.25) is 4.79 Å². The van der Waals surface area contributed by atoms with E-state index >= 15 is 0 Å². The molecule has 110 valence electrons. The molecule has 0 saturated carbocycles. The Kier molecular flexibility index (Phi) is 4.85. The number of halogens is 1. The monoisotopic (exact) mass is 306 g/mol. The Morgan fingerprint density at radius 3 is 2.67 bits per heavy atom. The third kappa shape index (κ3) is 3.55.